The molecule has 0 aliphatic rings. The minimum absolute atomic E-state index is 1.24. The minimum atomic E-state index is 1.24. The van der Waals surface area contributed by atoms with Crippen molar-refractivity contribution in [2.45, 2.75) is 13.8 Å². The number of pyridine rings is 1. The van der Waals surface area contributed by atoms with Crippen molar-refractivity contribution < 1.29 is 0 Å². The van der Waals surface area contributed by atoms with E-state index in [9.17, 15) is 0 Å². The largest absolute Gasteiger partial charge is 0.265 e. The van der Waals surface area contributed by atoms with E-state index >= 15 is 0 Å². The topological polar surface area (TPSA) is 12.9 Å². The average molecular weight is 191 g/mol. The molecule has 0 atom stereocenters. The smallest absolute Gasteiger partial charge is 0.0273 e. The Balaban J connectivity index is 0.000000396. The lowest BCUT2D eigenvalue weighted by Crippen LogP contribution is -1.72. The van der Waals surface area contributed by atoms with Crippen LogP contribution in [0, 0.1) is 0 Å². The van der Waals surface area contributed by atoms with Crippen LogP contribution >= 0.6 is 11.3 Å². The van der Waals surface area contributed by atoms with Crippen molar-refractivity contribution in [3.05, 3.63) is 41.4 Å². The number of hydrogen-bond donors (Lipinski definition) is 0. The SMILES string of the molecule is CC.c1cc(-c2ccsc2)ccn1. The van der Waals surface area contributed by atoms with Gasteiger partial charge >= 0.3 is 0 Å². The molecule has 0 aliphatic carbocycles. The van der Waals surface area contributed by atoms with Crippen LogP contribution in [0.1, 0.15) is 13.8 Å². The first kappa shape index (κ1) is 9.93. The summed E-state index contributed by atoms with van der Waals surface area (Å²) in [5.41, 5.74) is 2.51. The normalized spacial score (nSPS) is 8.77. The van der Waals surface area contributed by atoms with Crippen LogP contribution in [-0.4, -0.2) is 4.98 Å². The molecular formula is C11H13NS. The summed E-state index contributed by atoms with van der Waals surface area (Å²) >= 11 is 1.71. The zero-order chi connectivity index (χ0) is 9.52. The van der Waals surface area contributed by atoms with Crippen molar-refractivity contribution in [3.8, 4) is 11.1 Å². The van der Waals surface area contributed by atoms with Gasteiger partial charge in [-0.1, -0.05) is 13.8 Å². The van der Waals surface area contributed by atoms with Gasteiger partial charge in [0.2, 0.25) is 0 Å². The fourth-order valence-corrected chi connectivity index (χ4v) is 1.64. The maximum absolute atomic E-state index is 3.96. The Morgan fingerprint density at radius 3 is 2.23 bits per heavy atom. The van der Waals surface area contributed by atoms with Gasteiger partial charge in [0.05, 0.1) is 0 Å². The molecule has 0 fully saturated rings. The van der Waals surface area contributed by atoms with Crippen molar-refractivity contribution in [2.24, 2.45) is 0 Å². The fourth-order valence-electron chi connectivity index (χ4n) is 0.973. The summed E-state index contributed by atoms with van der Waals surface area (Å²) in [4.78, 5) is 3.96. The molecular weight excluding hydrogens is 178 g/mol. The predicted octanol–water partition coefficient (Wildman–Crippen LogP) is 3.84. The maximum Gasteiger partial charge on any atom is 0.0273 e. The molecule has 0 aromatic carbocycles. The highest BCUT2D eigenvalue weighted by Crippen LogP contribution is 2.20. The molecule has 13 heavy (non-hydrogen) atoms. The molecule has 0 bridgehead atoms. The Morgan fingerprint density at radius 1 is 1.00 bits per heavy atom. The van der Waals surface area contributed by atoms with Gasteiger partial charge in [-0.15, -0.1) is 0 Å². The Kier molecular flexibility index (Phi) is 4.19. The van der Waals surface area contributed by atoms with Gasteiger partial charge in [-0.3, -0.25) is 4.98 Å². The van der Waals surface area contributed by atoms with E-state index in [1.165, 1.54) is 11.1 Å². The standard InChI is InChI=1S/C9H7NS.C2H6/c1-4-10-5-2-8(1)9-3-6-11-7-9;1-2/h1-7H;1-2H3. The maximum atomic E-state index is 3.96. The van der Waals surface area contributed by atoms with E-state index in [0.717, 1.165) is 0 Å². The summed E-state index contributed by atoms with van der Waals surface area (Å²) in [5, 5.41) is 4.21. The molecule has 2 aromatic rings. The fraction of sp³-hybridized carbons (Fsp3) is 0.182. The van der Waals surface area contributed by atoms with Crippen LogP contribution in [0.5, 0.6) is 0 Å². The molecule has 0 saturated heterocycles. The van der Waals surface area contributed by atoms with Gasteiger partial charge in [0.15, 0.2) is 0 Å². The highest BCUT2D eigenvalue weighted by molar-refractivity contribution is 7.08. The summed E-state index contributed by atoms with van der Waals surface area (Å²) in [5.74, 6) is 0. The van der Waals surface area contributed by atoms with Crippen LogP contribution in [-0.2, 0) is 0 Å². The monoisotopic (exact) mass is 191 g/mol. The molecule has 0 aliphatic heterocycles. The van der Waals surface area contributed by atoms with Gasteiger partial charge in [-0.2, -0.15) is 11.3 Å². The lowest BCUT2D eigenvalue weighted by Gasteiger charge is -1.93. The Labute approximate surface area is 83.1 Å². The van der Waals surface area contributed by atoms with E-state index in [4.69, 9.17) is 0 Å². The van der Waals surface area contributed by atoms with Gasteiger partial charge in [0, 0.05) is 12.4 Å². The van der Waals surface area contributed by atoms with Crippen LogP contribution < -0.4 is 0 Å². The first-order valence-corrected chi connectivity index (χ1v) is 5.34. The molecule has 0 unspecified atom stereocenters. The van der Waals surface area contributed by atoms with Crippen molar-refractivity contribution in [1.29, 1.82) is 0 Å². The summed E-state index contributed by atoms with van der Waals surface area (Å²) in [6.45, 7) is 4.00. The van der Waals surface area contributed by atoms with Crippen molar-refractivity contribution in [2.75, 3.05) is 0 Å². The summed E-state index contributed by atoms with van der Waals surface area (Å²) in [6.07, 6.45) is 3.62. The van der Waals surface area contributed by atoms with E-state index in [2.05, 4.69) is 21.8 Å². The van der Waals surface area contributed by atoms with Gasteiger partial charge in [-0.25, -0.2) is 0 Å². The van der Waals surface area contributed by atoms with Gasteiger partial charge in [0.25, 0.3) is 0 Å². The highest BCUT2D eigenvalue weighted by Gasteiger charge is 1.93. The zero-order valence-corrected chi connectivity index (χ0v) is 8.71. The second-order valence-corrected chi connectivity index (χ2v) is 3.03. The number of aromatic nitrogens is 1. The second-order valence-electron chi connectivity index (χ2n) is 2.25. The van der Waals surface area contributed by atoms with Crippen LogP contribution in [0.15, 0.2) is 41.4 Å². The molecule has 0 radical (unpaired) electrons. The molecule has 2 heteroatoms. The molecule has 0 saturated carbocycles. The van der Waals surface area contributed by atoms with Gasteiger partial charge in [-0.05, 0) is 40.1 Å². The third-order valence-corrected chi connectivity index (χ3v) is 2.22. The molecule has 2 heterocycles. The zero-order valence-electron chi connectivity index (χ0n) is 7.90. The molecule has 0 N–H and O–H groups in total. The van der Waals surface area contributed by atoms with E-state index in [1.807, 2.05) is 38.4 Å². The lowest BCUT2D eigenvalue weighted by atomic mass is 10.1. The van der Waals surface area contributed by atoms with E-state index in [0.29, 0.717) is 0 Å². The van der Waals surface area contributed by atoms with E-state index in [-0.39, 0.29) is 0 Å². The lowest BCUT2D eigenvalue weighted by molar-refractivity contribution is 1.33. The molecule has 2 aromatic heterocycles. The van der Waals surface area contributed by atoms with Gasteiger partial charge in [0.1, 0.15) is 0 Å². The van der Waals surface area contributed by atoms with Crippen LogP contribution in [0.2, 0.25) is 0 Å². The Bertz CT molecular complexity index is 313. The minimum Gasteiger partial charge on any atom is -0.265 e. The van der Waals surface area contributed by atoms with Crippen LogP contribution in [0.25, 0.3) is 11.1 Å². The third-order valence-electron chi connectivity index (χ3n) is 1.53. The first-order valence-electron chi connectivity index (χ1n) is 4.39. The summed E-state index contributed by atoms with van der Waals surface area (Å²) in [7, 11) is 0. The van der Waals surface area contributed by atoms with Crippen molar-refractivity contribution in [3.63, 3.8) is 0 Å². The number of thiophene rings is 1. The number of nitrogens with zero attached hydrogens (tertiary/aromatic N) is 1. The highest BCUT2D eigenvalue weighted by atomic mass is 32.1. The predicted molar refractivity (Wildman–Crippen MR) is 58.9 cm³/mol. The van der Waals surface area contributed by atoms with E-state index in [1.54, 1.807) is 11.3 Å². The first-order chi connectivity index (χ1) is 6.47. The molecule has 0 spiro atoms. The van der Waals surface area contributed by atoms with Crippen LogP contribution in [0.4, 0.5) is 0 Å². The second kappa shape index (κ2) is 5.49. The van der Waals surface area contributed by atoms with Crippen LogP contribution in [0.3, 0.4) is 0 Å². The summed E-state index contributed by atoms with van der Waals surface area (Å²) in [6, 6.07) is 6.14. The molecule has 68 valence electrons. The third kappa shape index (κ3) is 2.67. The average Bonchev–Trinajstić information content (AvgIpc) is 2.75. The molecule has 0 amide bonds. The van der Waals surface area contributed by atoms with E-state index < -0.39 is 0 Å². The number of rotatable bonds is 1. The number of hydrogen-bond acceptors (Lipinski definition) is 2. The quantitative estimate of drug-likeness (QED) is 0.667. The van der Waals surface area contributed by atoms with Gasteiger partial charge < -0.3 is 0 Å². The summed E-state index contributed by atoms with van der Waals surface area (Å²) < 4.78 is 0. The Hall–Kier alpha value is -1.15. The Morgan fingerprint density at radius 2 is 1.69 bits per heavy atom. The molecule has 1 nitrogen and oxygen atoms in total. The van der Waals surface area contributed by atoms with Crippen molar-refractivity contribution >= 4 is 11.3 Å². The molecule has 2 rings (SSSR count). The van der Waals surface area contributed by atoms with Crippen molar-refractivity contribution in [1.82, 2.24) is 4.98 Å².